The summed E-state index contributed by atoms with van der Waals surface area (Å²) < 4.78 is 5.38. The molecule has 0 radical (unpaired) electrons. The molecule has 0 spiro atoms. The zero-order valence-electron chi connectivity index (χ0n) is 13.8. The van der Waals surface area contributed by atoms with Gasteiger partial charge in [-0.25, -0.2) is 4.98 Å². The quantitative estimate of drug-likeness (QED) is 0.885. The highest BCUT2D eigenvalue weighted by Crippen LogP contribution is 2.34. The second kappa shape index (κ2) is 7.41. The Morgan fingerprint density at radius 1 is 1.28 bits per heavy atom. The number of halogens is 1. The molecule has 2 heterocycles. The normalized spacial score (nSPS) is 23.9. The van der Waals surface area contributed by atoms with Gasteiger partial charge in [0.2, 0.25) is 5.91 Å². The second-order valence-corrected chi connectivity index (χ2v) is 7.74. The van der Waals surface area contributed by atoms with Gasteiger partial charge in [0.15, 0.2) is 5.13 Å². The molecule has 1 aliphatic heterocycles. The first-order valence-electron chi connectivity index (χ1n) is 8.54. The number of carbonyl (C=O) groups is 1. The topological polar surface area (TPSA) is 54.5 Å². The first-order valence-corrected chi connectivity index (χ1v) is 9.79. The van der Waals surface area contributed by atoms with Crippen molar-refractivity contribution in [2.24, 2.45) is 5.92 Å². The molecule has 1 saturated heterocycles. The van der Waals surface area contributed by atoms with Gasteiger partial charge in [-0.3, -0.25) is 9.69 Å². The number of nitrogens with zero attached hydrogens (tertiary/aromatic N) is 2. The van der Waals surface area contributed by atoms with Crippen molar-refractivity contribution >= 4 is 34.0 Å². The lowest BCUT2D eigenvalue weighted by Crippen LogP contribution is -2.51. The molecule has 25 heavy (non-hydrogen) atoms. The van der Waals surface area contributed by atoms with Gasteiger partial charge in [0.05, 0.1) is 18.9 Å². The van der Waals surface area contributed by atoms with Crippen LogP contribution in [0.3, 0.4) is 0 Å². The van der Waals surface area contributed by atoms with Crippen LogP contribution < -0.4 is 5.32 Å². The number of hydrogen-bond donors (Lipinski definition) is 1. The Morgan fingerprint density at radius 3 is 2.80 bits per heavy atom. The predicted octanol–water partition coefficient (Wildman–Crippen LogP) is 3.51. The number of amides is 1. The third kappa shape index (κ3) is 3.72. The molecular formula is C18H20ClN3O2S. The van der Waals surface area contributed by atoms with Crippen LogP contribution in [0.5, 0.6) is 0 Å². The summed E-state index contributed by atoms with van der Waals surface area (Å²) in [7, 11) is 0. The van der Waals surface area contributed by atoms with Gasteiger partial charge in [-0.05, 0) is 18.9 Å². The Hall–Kier alpha value is -1.47. The van der Waals surface area contributed by atoms with Crippen LogP contribution in [0.4, 0.5) is 5.13 Å². The molecule has 1 saturated carbocycles. The van der Waals surface area contributed by atoms with E-state index in [9.17, 15) is 4.79 Å². The molecule has 1 aromatic carbocycles. The maximum atomic E-state index is 12.4. The Bertz CT molecular complexity index is 754. The molecule has 2 fully saturated rings. The van der Waals surface area contributed by atoms with E-state index in [-0.39, 0.29) is 11.8 Å². The number of hydrogen-bond acceptors (Lipinski definition) is 5. The fraction of sp³-hybridized carbons (Fsp3) is 0.444. The van der Waals surface area contributed by atoms with Gasteiger partial charge in [0.1, 0.15) is 0 Å². The smallest absolute Gasteiger partial charge is 0.229 e. The fourth-order valence-electron chi connectivity index (χ4n) is 3.37. The van der Waals surface area contributed by atoms with Crippen molar-refractivity contribution in [2.75, 3.05) is 31.6 Å². The number of nitrogens with one attached hydrogen (secondary N) is 1. The number of benzene rings is 1. The number of aromatic nitrogens is 1. The Labute approximate surface area is 156 Å². The van der Waals surface area contributed by atoms with Crippen molar-refractivity contribution in [1.82, 2.24) is 9.88 Å². The summed E-state index contributed by atoms with van der Waals surface area (Å²) in [5.41, 5.74) is 1.68. The largest absolute Gasteiger partial charge is 0.379 e. The number of carbonyl (C=O) groups excluding carboxylic acids is 1. The van der Waals surface area contributed by atoms with Gasteiger partial charge in [-0.15, -0.1) is 11.3 Å². The molecule has 5 nitrogen and oxygen atoms in total. The van der Waals surface area contributed by atoms with Crippen LogP contribution in [0, 0.1) is 5.92 Å². The Morgan fingerprint density at radius 2 is 2.04 bits per heavy atom. The molecule has 4 rings (SSSR count). The number of rotatable bonds is 4. The van der Waals surface area contributed by atoms with Gasteiger partial charge in [-0.2, -0.15) is 0 Å². The van der Waals surface area contributed by atoms with Gasteiger partial charge < -0.3 is 10.1 Å². The van der Waals surface area contributed by atoms with Crippen molar-refractivity contribution in [3.63, 3.8) is 0 Å². The van der Waals surface area contributed by atoms with Crippen molar-refractivity contribution in [1.29, 1.82) is 0 Å². The first-order chi connectivity index (χ1) is 12.2. The molecule has 7 heteroatoms. The van der Waals surface area contributed by atoms with Crippen LogP contribution in [-0.2, 0) is 9.53 Å². The standard InChI is InChI=1S/C18H20ClN3O2S/c19-15-4-2-1-3-14(15)16-11-25-18(20-16)21-17(23)12-9-13(10-12)22-5-7-24-8-6-22/h1-4,11-13H,5-10H2,(H,20,21,23). The number of thiazole rings is 1. The van der Waals surface area contributed by atoms with E-state index in [2.05, 4.69) is 15.2 Å². The van der Waals surface area contributed by atoms with Crippen molar-refractivity contribution < 1.29 is 9.53 Å². The molecule has 1 N–H and O–H groups in total. The van der Waals surface area contributed by atoms with Crippen LogP contribution in [0.25, 0.3) is 11.3 Å². The Balaban J connectivity index is 1.33. The van der Waals surface area contributed by atoms with E-state index in [4.69, 9.17) is 16.3 Å². The summed E-state index contributed by atoms with van der Waals surface area (Å²) in [5.74, 6) is 0.157. The molecule has 132 valence electrons. The van der Waals surface area contributed by atoms with Crippen LogP contribution in [-0.4, -0.2) is 48.1 Å². The highest BCUT2D eigenvalue weighted by atomic mass is 35.5. The van der Waals surface area contributed by atoms with E-state index in [0.29, 0.717) is 16.2 Å². The summed E-state index contributed by atoms with van der Waals surface area (Å²) in [6, 6.07) is 8.12. The minimum atomic E-state index is 0.0737. The third-order valence-electron chi connectivity index (χ3n) is 4.93. The molecule has 1 aliphatic carbocycles. The lowest BCUT2D eigenvalue weighted by molar-refractivity contribution is -0.125. The zero-order chi connectivity index (χ0) is 17.2. The average Bonchev–Trinajstić information content (AvgIpc) is 3.03. The minimum Gasteiger partial charge on any atom is -0.379 e. The summed E-state index contributed by atoms with van der Waals surface area (Å²) in [6.07, 6.45) is 1.85. The molecular weight excluding hydrogens is 358 g/mol. The highest BCUT2D eigenvalue weighted by Gasteiger charge is 2.38. The van der Waals surface area contributed by atoms with Crippen molar-refractivity contribution in [2.45, 2.75) is 18.9 Å². The lowest BCUT2D eigenvalue weighted by atomic mass is 9.78. The highest BCUT2D eigenvalue weighted by molar-refractivity contribution is 7.14. The summed E-state index contributed by atoms with van der Waals surface area (Å²) in [4.78, 5) is 19.4. The van der Waals surface area contributed by atoms with Gasteiger partial charge in [0.25, 0.3) is 0 Å². The molecule has 0 bridgehead atoms. The fourth-order valence-corrected chi connectivity index (χ4v) is 4.32. The van der Waals surface area contributed by atoms with Crippen molar-refractivity contribution in [3.05, 3.63) is 34.7 Å². The van der Waals surface area contributed by atoms with E-state index < -0.39 is 0 Å². The van der Waals surface area contributed by atoms with Gasteiger partial charge in [0, 0.05) is 41.0 Å². The number of ether oxygens (including phenoxy) is 1. The van der Waals surface area contributed by atoms with Crippen LogP contribution >= 0.6 is 22.9 Å². The third-order valence-corrected chi connectivity index (χ3v) is 6.02. The summed E-state index contributed by atoms with van der Waals surface area (Å²) in [5, 5.41) is 6.18. The maximum absolute atomic E-state index is 12.4. The van der Waals surface area contributed by atoms with Crippen LogP contribution in [0.2, 0.25) is 5.02 Å². The summed E-state index contributed by atoms with van der Waals surface area (Å²) >= 11 is 7.64. The predicted molar refractivity (Wildman–Crippen MR) is 100 cm³/mol. The monoisotopic (exact) mass is 377 g/mol. The first kappa shape index (κ1) is 17.0. The molecule has 1 aromatic heterocycles. The van der Waals surface area contributed by atoms with Crippen molar-refractivity contribution in [3.8, 4) is 11.3 Å². The van der Waals surface area contributed by atoms with E-state index in [1.165, 1.54) is 11.3 Å². The zero-order valence-corrected chi connectivity index (χ0v) is 15.4. The average molecular weight is 378 g/mol. The van der Waals surface area contributed by atoms with E-state index >= 15 is 0 Å². The minimum absolute atomic E-state index is 0.0737. The van der Waals surface area contributed by atoms with Crippen LogP contribution in [0.15, 0.2) is 29.6 Å². The maximum Gasteiger partial charge on any atom is 0.229 e. The number of anilines is 1. The number of morpholine rings is 1. The lowest BCUT2D eigenvalue weighted by Gasteiger charge is -2.43. The molecule has 2 aliphatic rings. The van der Waals surface area contributed by atoms with E-state index in [1.807, 2.05) is 29.6 Å². The molecule has 1 amide bonds. The van der Waals surface area contributed by atoms with Crippen LogP contribution in [0.1, 0.15) is 12.8 Å². The van der Waals surface area contributed by atoms with Gasteiger partial charge >= 0.3 is 0 Å². The SMILES string of the molecule is O=C(Nc1nc(-c2ccccc2Cl)cs1)C1CC(N2CCOCC2)C1. The molecule has 0 unspecified atom stereocenters. The van der Waals surface area contributed by atoms with E-state index in [1.54, 1.807) is 0 Å². The second-order valence-electron chi connectivity index (χ2n) is 6.48. The molecule has 2 aromatic rings. The Kier molecular flexibility index (Phi) is 5.03. The molecule has 0 atom stereocenters. The van der Waals surface area contributed by atoms with Gasteiger partial charge in [-0.1, -0.05) is 29.8 Å². The summed E-state index contributed by atoms with van der Waals surface area (Å²) in [6.45, 7) is 3.56. The van der Waals surface area contributed by atoms with E-state index in [0.717, 1.165) is 50.4 Å².